The second kappa shape index (κ2) is 7.38. The summed E-state index contributed by atoms with van der Waals surface area (Å²) in [5, 5.41) is 1.91. The van der Waals surface area contributed by atoms with E-state index in [9.17, 15) is 0 Å². The lowest BCUT2D eigenvalue weighted by Gasteiger charge is -1.84. The van der Waals surface area contributed by atoms with Gasteiger partial charge in [0.05, 0.1) is 0 Å². The summed E-state index contributed by atoms with van der Waals surface area (Å²) in [5.74, 6) is 0. The van der Waals surface area contributed by atoms with E-state index >= 15 is 0 Å². The van der Waals surface area contributed by atoms with E-state index in [1.807, 2.05) is 5.41 Å². The molecular weight excluding hydrogens is 140 g/mol. The van der Waals surface area contributed by atoms with E-state index in [1.54, 1.807) is 0 Å². The molecule has 0 aliphatic rings. The highest BCUT2D eigenvalue weighted by atomic mass is 35.7. The Morgan fingerprint density at radius 1 is 1.62 bits per heavy atom. The fourth-order valence-electron chi connectivity index (χ4n) is 0.426. The van der Waals surface area contributed by atoms with Gasteiger partial charge in [-0.15, -0.1) is 0 Å². The van der Waals surface area contributed by atoms with Crippen LogP contribution in [0.2, 0.25) is 0 Å². The molecule has 0 fully saturated rings. The zero-order valence-corrected chi connectivity index (χ0v) is 6.63. The van der Waals surface area contributed by atoms with Crippen molar-refractivity contribution in [3.05, 3.63) is 11.5 Å². The third-order valence-electron chi connectivity index (χ3n) is 0.872. The fourth-order valence-corrected chi connectivity index (χ4v) is 0.853. The molecule has 0 N–H and O–H groups in total. The first-order chi connectivity index (χ1) is 3.91. The van der Waals surface area contributed by atoms with Crippen LogP contribution in [-0.4, -0.2) is 0 Å². The standard InChI is InChI=1S/C6H11ClS/c1-2-3-4-5-6-8-7/h5-6H,2-4H2,1H3. The summed E-state index contributed by atoms with van der Waals surface area (Å²) in [7, 11) is 6.55. The van der Waals surface area contributed by atoms with Gasteiger partial charge in [-0.25, -0.2) is 0 Å². The molecule has 0 bridgehead atoms. The molecule has 2 heteroatoms. The summed E-state index contributed by atoms with van der Waals surface area (Å²) in [6, 6.07) is 0. The Kier molecular flexibility index (Phi) is 7.73. The van der Waals surface area contributed by atoms with Gasteiger partial charge < -0.3 is 0 Å². The molecule has 0 radical (unpaired) electrons. The molecule has 0 rings (SSSR count). The van der Waals surface area contributed by atoms with E-state index in [0.717, 1.165) is 6.42 Å². The lowest BCUT2D eigenvalue weighted by atomic mass is 10.2. The largest absolute Gasteiger partial charge is 0.0770 e. The quantitative estimate of drug-likeness (QED) is 0.552. The molecule has 0 amide bonds. The maximum atomic E-state index is 5.31. The van der Waals surface area contributed by atoms with Gasteiger partial charge in [0.2, 0.25) is 0 Å². The van der Waals surface area contributed by atoms with Crippen LogP contribution in [-0.2, 0) is 0 Å². The predicted molar refractivity (Wildman–Crippen MR) is 42.1 cm³/mol. The number of halogens is 1. The topological polar surface area (TPSA) is 0 Å². The Hall–Kier alpha value is 0.380. The van der Waals surface area contributed by atoms with Gasteiger partial charge in [0.1, 0.15) is 0 Å². The maximum absolute atomic E-state index is 5.31. The summed E-state index contributed by atoms with van der Waals surface area (Å²) >= 11 is 0. The number of unbranched alkanes of at least 4 members (excludes halogenated alkanes) is 2. The Labute approximate surface area is 59.8 Å². The highest BCUT2D eigenvalue weighted by Gasteiger charge is 1.75. The minimum Gasteiger partial charge on any atom is -0.0770 e. The van der Waals surface area contributed by atoms with Crippen molar-refractivity contribution in [3.8, 4) is 0 Å². The van der Waals surface area contributed by atoms with Crippen molar-refractivity contribution in [3.63, 3.8) is 0 Å². The van der Waals surface area contributed by atoms with Gasteiger partial charge in [-0.3, -0.25) is 0 Å². The van der Waals surface area contributed by atoms with Crippen LogP contribution in [0.15, 0.2) is 11.5 Å². The average molecular weight is 151 g/mol. The zero-order valence-electron chi connectivity index (χ0n) is 5.06. The van der Waals surface area contributed by atoms with Crippen LogP contribution >= 0.6 is 21.7 Å². The Morgan fingerprint density at radius 3 is 2.88 bits per heavy atom. The molecule has 0 aromatic heterocycles. The van der Waals surface area contributed by atoms with Crippen LogP contribution in [0.4, 0.5) is 0 Å². The molecule has 0 spiro atoms. The molecule has 0 aromatic rings. The third kappa shape index (κ3) is 6.38. The van der Waals surface area contributed by atoms with Crippen molar-refractivity contribution in [1.82, 2.24) is 0 Å². The molecule has 48 valence electrons. The smallest absolute Gasteiger partial charge is 0.0171 e. The molecule has 0 unspecified atom stereocenters. The first kappa shape index (κ1) is 8.38. The van der Waals surface area contributed by atoms with Gasteiger partial charge in [0.25, 0.3) is 0 Å². The number of hydrogen-bond acceptors (Lipinski definition) is 1. The summed E-state index contributed by atoms with van der Waals surface area (Å²) in [6.07, 6.45) is 5.79. The molecule has 0 saturated heterocycles. The second-order valence-electron chi connectivity index (χ2n) is 1.60. The lowest BCUT2D eigenvalue weighted by Crippen LogP contribution is -1.63. The summed E-state index contributed by atoms with van der Waals surface area (Å²) in [5.41, 5.74) is 0. The van der Waals surface area contributed by atoms with Gasteiger partial charge >= 0.3 is 0 Å². The van der Waals surface area contributed by atoms with E-state index < -0.39 is 0 Å². The van der Waals surface area contributed by atoms with Crippen molar-refractivity contribution >= 4 is 21.7 Å². The number of allylic oxidation sites excluding steroid dienone is 1. The number of hydrogen-bond donors (Lipinski definition) is 0. The van der Waals surface area contributed by atoms with E-state index in [4.69, 9.17) is 10.7 Å². The van der Waals surface area contributed by atoms with E-state index in [2.05, 4.69) is 13.0 Å². The zero-order chi connectivity index (χ0) is 6.24. The normalized spacial score (nSPS) is 10.8. The monoisotopic (exact) mass is 150 g/mol. The third-order valence-corrected chi connectivity index (χ3v) is 1.48. The average Bonchev–Trinajstić information content (AvgIpc) is 1.81. The lowest BCUT2D eigenvalue weighted by molar-refractivity contribution is 0.815. The molecule has 8 heavy (non-hydrogen) atoms. The van der Waals surface area contributed by atoms with Gasteiger partial charge in [-0.2, -0.15) is 0 Å². The number of rotatable bonds is 4. The summed E-state index contributed by atoms with van der Waals surface area (Å²) in [6.45, 7) is 2.18. The maximum Gasteiger partial charge on any atom is -0.0171 e. The van der Waals surface area contributed by atoms with Crippen molar-refractivity contribution in [1.29, 1.82) is 0 Å². The van der Waals surface area contributed by atoms with Gasteiger partial charge in [-0.05, 0) is 33.5 Å². The fraction of sp³-hybridized carbons (Fsp3) is 0.667. The Morgan fingerprint density at radius 2 is 2.38 bits per heavy atom. The van der Waals surface area contributed by atoms with E-state index in [-0.39, 0.29) is 0 Å². The van der Waals surface area contributed by atoms with Crippen LogP contribution in [0, 0.1) is 0 Å². The molecule has 0 aliphatic heterocycles. The minimum absolute atomic E-state index is 1.16. The van der Waals surface area contributed by atoms with Gasteiger partial charge in [0, 0.05) is 0 Å². The van der Waals surface area contributed by atoms with Crippen LogP contribution in [0.25, 0.3) is 0 Å². The SMILES string of the molecule is CCCCC=CSCl. The summed E-state index contributed by atoms with van der Waals surface area (Å²) < 4.78 is 0. The molecular formula is C6H11ClS. The van der Waals surface area contributed by atoms with Crippen molar-refractivity contribution in [2.75, 3.05) is 0 Å². The molecule has 0 nitrogen and oxygen atoms in total. The first-order valence-corrected chi connectivity index (χ1v) is 4.54. The van der Waals surface area contributed by atoms with Crippen molar-refractivity contribution < 1.29 is 0 Å². The highest BCUT2D eigenvalue weighted by Crippen LogP contribution is 2.08. The molecule has 0 aliphatic carbocycles. The van der Waals surface area contributed by atoms with Crippen molar-refractivity contribution in [2.24, 2.45) is 0 Å². The Bertz CT molecular complexity index is 61.5. The second-order valence-corrected chi connectivity index (χ2v) is 2.59. The van der Waals surface area contributed by atoms with Crippen molar-refractivity contribution in [2.45, 2.75) is 26.2 Å². The van der Waals surface area contributed by atoms with Crippen LogP contribution in [0.5, 0.6) is 0 Å². The van der Waals surface area contributed by atoms with Crippen LogP contribution in [0.1, 0.15) is 26.2 Å². The predicted octanol–water partition coefficient (Wildman–Crippen LogP) is 3.58. The van der Waals surface area contributed by atoms with E-state index in [1.165, 1.54) is 23.8 Å². The Balaban J connectivity index is 2.80. The molecule has 0 atom stereocenters. The van der Waals surface area contributed by atoms with Crippen LogP contribution < -0.4 is 0 Å². The molecule has 0 heterocycles. The van der Waals surface area contributed by atoms with E-state index in [0.29, 0.717) is 0 Å². The molecule has 0 saturated carbocycles. The van der Waals surface area contributed by atoms with Crippen LogP contribution in [0.3, 0.4) is 0 Å². The first-order valence-electron chi connectivity index (χ1n) is 2.84. The summed E-state index contributed by atoms with van der Waals surface area (Å²) in [4.78, 5) is 0. The van der Waals surface area contributed by atoms with Gasteiger partial charge in [-0.1, -0.05) is 25.8 Å². The minimum atomic E-state index is 1.16. The van der Waals surface area contributed by atoms with Gasteiger partial charge in [0.15, 0.2) is 0 Å². The molecule has 0 aromatic carbocycles. The highest BCUT2D eigenvalue weighted by molar-refractivity contribution is 8.23.